The van der Waals surface area contributed by atoms with E-state index in [-0.39, 0.29) is 18.4 Å². The molecule has 2 N–H and O–H groups in total. The molecule has 1 aliphatic heterocycles. The maximum atomic E-state index is 12.4. The molecule has 2 rings (SSSR count). The van der Waals surface area contributed by atoms with Crippen molar-refractivity contribution in [2.45, 2.75) is 37.6 Å². The van der Waals surface area contributed by atoms with E-state index in [0.717, 1.165) is 25.9 Å². The molecule has 0 aliphatic carbocycles. The lowest BCUT2D eigenvalue weighted by Gasteiger charge is -2.23. The van der Waals surface area contributed by atoms with Crippen LogP contribution in [-0.2, 0) is 17.1 Å². The van der Waals surface area contributed by atoms with Gasteiger partial charge in [0.1, 0.15) is 4.90 Å². The highest BCUT2D eigenvalue weighted by Crippen LogP contribution is 2.19. The molecular weight excluding hydrogens is 288 g/mol. The Morgan fingerprint density at radius 1 is 1.32 bits per heavy atom. The van der Waals surface area contributed by atoms with Gasteiger partial charge in [0.25, 0.3) is 0 Å². The minimum Gasteiger partial charge on any atom is -0.317 e. The molecule has 2 heterocycles. The van der Waals surface area contributed by atoms with Crippen molar-refractivity contribution in [2.75, 3.05) is 13.1 Å². The predicted molar refractivity (Wildman–Crippen MR) is 76.1 cm³/mol. The summed E-state index contributed by atoms with van der Waals surface area (Å²) < 4.78 is 29.1. The number of rotatable bonds is 3. The summed E-state index contributed by atoms with van der Waals surface area (Å²) in [4.78, 5) is 0.323. The van der Waals surface area contributed by atoms with E-state index < -0.39 is 10.0 Å². The van der Waals surface area contributed by atoms with Crippen LogP contribution in [0.15, 0.2) is 4.90 Å². The zero-order valence-corrected chi connectivity index (χ0v) is 13.1. The van der Waals surface area contributed by atoms with Gasteiger partial charge in [-0.05, 0) is 39.8 Å². The van der Waals surface area contributed by atoms with E-state index >= 15 is 0 Å². The third-order valence-corrected chi connectivity index (χ3v) is 5.14. The number of nitrogens with one attached hydrogen (secondary N) is 2. The SMILES string of the molecule is Cc1nn(C)c(C)c1S(=O)(=O)NC1CCNCC1.Cl. The molecule has 110 valence electrons. The second-order valence-corrected chi connectivity index (χ2v) is 6.42. The highest BCUT2D eigenvalue weighted by molar-refractivity contribution is 7.89. The van der Waals surface area contributed by atoms with Gasteiger partial charge in [-0.25, -0.2) is 13.1 Å². The van der Waals surface area contributed by atoms with E-state index in [2.05, 4.69) is 15.1 Å². The van der Waals surface area contributed by atoms with Gasteiger partial charge in [-0.15, -0.1) is 12.4 Å². The zero-order chi connectivity index (χ0) is 13.3. The highest BCUT2D eigenvalue weighted by atomic mass is 35.5. The van der Waals surface area contributed by atoms with Crippen LogP contribution in [0.5, 0.6) is 0 Å². The van der Waals surface area contributed by atoms with Crippen LogP contribution < -0.4 is 10.0 Å². The molecular formula is C11H21ClN4O2S. The monoisotopic (exact) mass is 308 g/mol. The molecule has 0 bridgehead atoms. The number of piperidine rings is 1. The molecule has 0 aromatic carbocycles. The van der Waals surface area contributed by atoms with Gasteiger partial charge in [0, 0.05) is 13.1 Å². The van der Waals surface area contributed by atoms with Gasteiger partial charge in [-0.3, -0.25) is 4.68 Å². The Balaban J connectivity index is 0.00000180. The molecule has 0 amide bonds. The molecule has 0 spiro atoms. The third-order valence-electron chi connectivity index (χ3n) is 3.37. The van der Waals surface area contributed by atoms with Crippen LogP contribution >= 0.6 is 12.4 Å². The van der Waals surface area contributed by atoms with Crippen LogP contribution in [0.4, 0.5) is 0 Å². The summed E-state index contributed by atoms with van der Waals surface area (Å²) in [6.45, 7) is 5.22. The average Bonchev–Trinajstić information content (AvgIpc) is 2.54. The maximum absolute atomic E-state index is 12.4. The first-order chi connectivity index (χ1) is 8.42. The van der Waals surface area contributed by atoms with E-state index in [4.69, 9.17) is 0 Å². The number of hydrogen-bond acceptors (Lipinski definition) is 4. The van der Waals surface area contributed by atoms with Crippen molar-refractivity contribution in [1.29, 1.82) is 0 Å². The number of nitrogens with zero attached hydrogens (tertiary/aromatic N) is 2. The quantitative estimate of drug-likeness (QED) is 0.852. The third kappa shape index (κ3) is 3.47. The van der Waals surface area contributed by atoms with Crippen molar-refractivity contribution in [3.8, 4) is 0 Å². The summed E-state index contributed by atoms with van der Waals surface area (Å²) in [5.74, 6) is 0. The lowest BCUT2D eigenvalue weighted by molar-refractivity contribution is 0.427. The first-order valence-corrected chi connectivity index (χ1v) is 7.63. The summed E-state index contributed by atoms with van der Waals surface area (Å²) in [6.07, 6.45) is 1.66. The van der Waals surface area contributed by atoms with E-state index in [9.17, 15) is 8.42 Å². The summed E-state index contributed by atoms with van der Waals surface area (Å²) in [7, 11) is -1.71. The second-order valence-electron chi connectivity index (χ2n) is 4.77. The van der Waals surface area contributed by atoms with E-state index in [0.29, 0.717) is 16.3 Å². The van der Waals surface area contributed by atoms with Crippen molar-refractivity contribution < 1.29 is 8.42 Å². The summed E-state index contributed by atoms with van der Waals surface area (Å²) >= 11 is 0. The fourth-order valence-electron chi connectivity index (χ4n) is 2.36. The Bertz CT molecular complexity index is 535. The van der Waals surface area contributed by atoms with Gasteiger partial charge in [0.05, 0.1) is 11.4 Å². The van der Waals surface area contributed by atoms with Crippen LogP contribution in [-0.4, -0.2) is 37.3 Å². The molecule has 1 aromatic heterocycles. The molecule has 0 unspecified atom stereocenters. The summed E-state index contributed by atoms with van der Waals surface area (Å²) in [6, 6.07) is 0.0234. The fourth-order valence-corrected chi connectivity index (χ4v) is 4.10. The molecule has 6 nitrogen and oxygen atoms in total. The second kappa shape index (κ2) is 6.21. The smallest absolute Gasteiger partial charge is 0.244 e. The van der Waals surface area contributed by atoms with Crippen molar-refractivity contribution in [1.82, 2.24) is 19.8 Å². The summed E-state index contributed by atoms with van der Waals surface area (Å²) in [5, 5.41) is 7.37. The fraction of sp³-hybridized carbons (Fsp3) is 0.727. The minimum absolute atomic E-state index is 0. The van der Waals surface area contributed by atoms with Crippen molar-refractivity contribution in [2.24, 2.45) is 7.05 Å². The molecule has 0 atom stereocenters. The number of sulfonamides is 1. The van der Waals surface area contributed by atoms with Gasteiger partial charge in [-0.2, -0.15) is 5.10 Å². The van der Waals surface area contributed by atoms with Crippen LogP contribution in [0.25, 0.3) is 0 Å². The van der Waals surface area contributed by atoms with Crippen LogP contribution in [0, 0.1) is 13.8 Å². The summed E-state index contributed by atoms with van der Waals surface area (Å²) in [5.41, 5.74) is 1.23. The molecule has 1 aliphatic rings. The van der Waals surface area contributed by atoms with E-state index in [1.54, 1.807) is 25.6 Å². The molecule has 1 aromatic rings. The maximum Gasteiger partial charge on any atom is 0.244 e. The first kappa shape index (κ1) is 16.4. The molecule has 0 saturated carbocycles. The Kier molecular flexibility index (Phi) is 5.37. The number of aromatic nitrogens is 2. The normalized spacial score (nSPS) is 17.2. The minimum atomic E-state index is -3.46. The number of aryl methyl sites for hydroxylation is 2. The largest absolute Gasteiger partial charge is 0.317 e. The van der Waals surface area contributed by atoms with Crippen LogP contribution in [0.3, 0.4) is 0 Å². The molecule has 1 saturated heterocycles. The van der Waals surface area contributed by atoms with Crippen molar-refractivity contribution in [3.63, 3.8) is 0 Å². The topological polar surface area (TPSA) is 76.0 Å². The zero-order valence-electron chi connectivity index (χ0n) is 11.4. The lowest BCUT2D eigenvalue weighted by atomic mass is 10.1. The van der Waals surface area contributed by atoms with Crippen LogP contribution in [0.2, 0.25) is 0 Å². The van der Waals surface area contributed by atoms with Gasteiger partial charge in [0.15, 0.2) is 0 Å². The molecule has 8 heteroatoms. The number of hydrogen-bond donors (Lipinski definition) is 2. The Morgan fingerprint density at radius 2 is 1.89 bits per heavy atom. The Morgan fingerprint density at radius 3 is 2.37 bits per heavy atom. The van der Waals surface area contributed by atoms with Gasteiger partial charge >= 0.3 is 0 Å². The van der Waals surface area contributed by atoms with Crippen molar-refractivity contribution >= 4 is 22.4 Å². The number of halogens is 1. The standard InChI is InChI=1S/C11H20N4O2S.ClH/c1-8-11(9(2)15(3)13-8)18(16,17)14-10-4-6-12-7-5-10;/h10,12,14H,4-7H2,1-3H3;1H. The van der Waals surface area contributed by atoms with Crippen molar-refractivity contribution in [3.05, 3.63) is 11.4 Å². The van der Waals surface area contributed by atoms with E-state index in [1.807, 2.05) is 0 Å². The Labute approximate surface area is 120 Å². The molecule has 19 heavy (non-hydrogen) atoms. The first-order valence-electron chi connectivity index (χ1n) is 6.15. The molecule has 0 radical (unpaired) electrons. The van der Waals surface area contributed by atoms with Crippen LogP contribution in [0.1, 0.15) is 24.2 Å². The van der Waals surface area contributed by atoms with E-state index in [1.165, 1.54) is 0 Å². The van der Waals surface area contributed by atoms with Gasteiger partial charge in [0.2, 0.25) is 10.0 Å². The average molecular weight is 309 g/mol. The van der Waals surface area contributed by atoms with Gasteiger partial charge in [-0.1, -0.05) is 0 Å². The van der Waals surface area contributed by atoms with Gasteiger partial charge < -0.3 is 5.32 Å². The predicted octanol–water partition coefficient (Wildman–Crippen LogP) is 0.489. The highest BCUT2D eigenvalue weighted by Gasteiger charge is 2.27. The lowest BCUT2D eigenvalue weighted by Crippen LogP contribution is -2.42. The Hall–Kier alpha value is -0.630. The molecule has 1 fully saturated rings.